The van der Waals surface area contributed by atoms with Crippen LogP contribution in [0.25, 0.3) is 0 Å². The van der Waals surface area contributed by atoms with Crippen molar-refractivity contribution in [3.8, 4) is 17.2 Å². The summed E-state index contributed by atoms with van der Waals surface area (Å²) >= 11 is 0. The van der Waals surface area contributed by atoms with Crippen molar-refractivity contribution in [1.29, 1.82) is 0 Å². The molecule has 0 aliphatic carbocycles. The summed E-state index contributed by atoms with van der Waals surface area (Å²) in [5.41, 5.74) is 1.16. The van der Waals surface area contributed by atoms with Crippen LogP contribution in [0.1, 0.15) is 15.9 Å². The van der Waals surface area contributed by atoms with Crippen LogP contribution in [0, 0.1) is 0 Å². The summed E-state index contributed by atoms with van der Waals surface area (Å²) in [6.07, 6.45) is -4.40. The first-order valence-electron chi connectivity index (χ1n) is 7.37. The molecule has 1 amide bonds. The van der Waals surface area contributed by atoms with Crippen LogP contribution in [0.3, 0.4) is 0 Å². The zero-order chi connectivity index (χ0) is 17.9. The van der Waals surface area contributed by atoms with E-state index in [-0.39, 0.29) is 25.0 Å². The largest absolute Gasteiger partial charge is 0.484 e. The van der Waals surface area contributed by atoms with Gasteiger partial charge in [-0.15, -0.1) is 0 Å². The number of carbonyl (C=O) groups is 1. The quantitative estimate of drug-likeness (QED) is 0.896. The van der Waals surface area contributed by atoms with Gasteiger partial charge in [0.1, 0.15) is 5.75 Å². The first-order valence-corrected chi connectivity index (χ1v) is 7.37. The molecule has 25 heavy (non-hydrogen) atoms. The number of alkyl halides is 3. The second-order valence-corrected chi connectivity index (χ2v) is 5.30. The number of benzene rings is 2. The lowest BCUT2D eigenvalue weighted by atomic mass is 10.1. The van der Waals surface area contributed by atoms with Gasteiger partial charge < -0.3 is 19.5 Å². The minimum Gasteiger partial charge on any atom is -0.484 e. The first-order chi connectivity index (χ1) is 11.9. The van der Waals surface area contributed by atoms with Gasteiger partial charge in [-0.3, -0.25) is 4.79 Å². The predicted octanol–water partition coefficient (Wildman–Crippen LogP) is 3.29. The molecule has 0 spiro atoms. The van der Waals surface area contributed by atoms with E-state index in [4.69, 9.17) is 9.47 Å². The fourth-order valence-electron chi connectivity index (χ4n) is 2.20. The average molecular weight is 353 g/mol. The number of amides is 1. The molecule has 0 fully saturated rings. The van der Waals surface area contributed by atoms with E-state index < -0.39 is 12.8 Å². The lowest BCUT2D eigenvalue weighted by Crippen LogP contribution is -2.22. The molecule has 1 aliphatic heterocycles. The Labute approximate surface area is 141 Å². The Hall–Kier alpha value is -2.90. The first kappa shape index (κ1) is 16.9. The van der Waals surface area contributed by atoms with Crippen molar-refractivity contribution in [1.82, 2.24) is 5.32 Å². The molecule has 1 heterocycles. The van der Waals surface area contributed by atoms with E-state index in [1.54, 1.807) is 12.1 Å². The van der Waals surface area contributed by atoms with Gasteiger partial charge in [-0.2, -0.15) is 13.2 Å². The molecule has 0 radical (unpaired) electrons. The van der Waals surface area contributed by atoms with Gasteiger partial charge in [0.15, 0.2) is 18.1 Å². The fraction of sp³-hybridized carbons (Fsp3) is 0.235. The van der Waals surface area contributed by atoms with Gasteiger partial charge in [0.25, 0.3) is 5.91 Å². The molecule has 2 aromatic rings. The smallest absolute Gasteiger partial charge is 0.422 e. The number of fused-ring (bicyclic) bond motifs is 1. The van der Waals surface area contributed by atoms with Crippen LogP contribution < -0.4 is 19.5 Å². The highest BCUT2D eigenvalue weighted by atomic mass is 19.4. The summed E-state index contributed by atoms with van der Waals surface area (Å²) in [5, 5.41) is 2.73. The Morgan fingerprint density at radius 2 is 1.80 bits per heavy atom. The van der Waals surface area contributed by atoms with Gasteiger partial charge in [-0.1, -0.05) is 6.07 Å². The summed E-state index contributed by atoms with van der Waals surface area (Å²) in [7, 11) is 0. The summed E-state index contributed by atoms with van der Waals surface area (Å²) < 4.78 is 51.3. The van der Waals surface area contributed by atoms with Gasteiger partial charge in [-0.25, -0.2) is 0 Å². The molecule has 0 saturated heterocycles. The van der Waals surface area contributed by atoms with Gasteiger partial charge in [0, 0.05) is 12.1 Å². The number of ether oxygens (including phenoxy) is 3. The molecule has 0 bridgehead atoms. The number of nitrogens with one attached hydrogen (secondary N) is 1. The third kappa shape index (κ3) is 4.56. The number of carbonyl (C=O) groups excluding carboxylic acids is 1. The van der Waals surface area contributed by atoms with Crippen molar-refractivity contribution < 1.29 is 32.2 Å². The van der Waals surface area contributed by atoms with E-state index in [2.05, 4.69) is 10.1 Å². The van der Waals surface area contributed by atoms with Gasteiger partial charge in [0.05, 0.1) is 0 Å². The summed E-state index contributed by atoms with van der Waals surface area (Å²) in [5.74, 6) is 0.979. The fourth-order valence-corrected chi connectivity index (χ4v) is 2.20. The lowest BCUT2D eigenvalue weighted by molar-refractivity contribution is -0.153. The van der Waals surface area contributed by atoms with E-state index in [9.17, 15) is 18.0 Å². The van der Waals surface area contributed by atoms with Gasteiger partial charge >= 0.3 is 6.18 Å². The van der Waals surface area contributed by atoms with Crippen LogP contribution >= 0.6 is 0 Å². The third-order valence-electron chi connectivity index (χ3n) is 3.41. The SMILES string of the molecule is O=C(NCc1ccc2c(c1)OCO2)c1ccc(OCC(F)(F)F)cc1. The van der Waals surface area contributed by atoms with Crippen LogP contribution in [0.4, 0.5) is 13.2 Å². The monoisotopic (exact) mass is 353 g/mol. The number of hydrogen-bond acceptors (Lipinski definition) is 4. The highest BCUT2D eigenvalue weighted by Gasteiger charge is 2.28. The van der Waals surface area contributed by atoms with Crippen molar-refractivity contribution in [3.05, 3.63) is 53.6 Å². The highest BCUT2D eigenvalue weighted by molar-refractivity contribution is 5.94. The molecule has 8 heteroatoms. The van der Waals surface area contributed by atoms with Crippen molar-refractivity contribution in [2.45, 2.75) is 12.7 Å². The molecule has 2 aromatic carbocycles. The summed E-state index contributed by atoms with van der Waals surface area (Å²) in [4.78, 5) is 12.1. The Kier molecular flexibility index (Phi) is 4.69. The number of halogens is 3. The zero-order valence-electron chi connectivity index (χ0n) is 12.9. The van der Waals surface area contributed by atoms with Crippen LogP contribution in [0.15, 0.2) is 42.5 Å². The second-order valence-electron chi connectivity index (χ2n) is 5.30. The average Bonchev–Trinajstić information content (AvgIpc) is 3.05. The summed E-state index contributed by atoms with van der Waals surface area (Å²) in [6.45, 7) is -0.918. The van der Waals surface area contributed by atoms with Crippen LogP contribution in [-0.4, -0.2) is 25.5 Å². The minimum absolute atomic E-state index is 0.0460. The van der Waals surface area contributed by atoms with Crippen LogP contribution in [-0.2, 0) is 6.54 Å². The molecule has 0 saturated carbocycles. The molecule has 0 atom stereocenters. The maximum atomic E-state index is 12.1. The number of rotatable bonds is 5. The lowest BCUT2D eigenvalue weighted by Gasteiger charge is -2.10. The molecule has 0 aromatic heterocycles. The molecular formula is C17H14F3NO4. The Balaban J connectivity index is 1.54. The molecule has 3 rings (SSSR count). The Morgan fingerprint density at radius 3 is 2.52 bits per heavy atom. The Morgan fingerprint density at radius 1 is 1.08 bits per heavy atom. The van der Waals surface area contributed by atoms with E-state index in [1.807, 2.05) is 6.07 Å². The molecule has 1 N–H and O–H groups in total. The third-order valence-corrected chi connectivity index (χ3v) is 3.41. The van der Waals surface area contributed by atoms with Crippen molar-refractivity contribution >= 4 is 5.91 Å². The minimum atomic E-state index is -4.40. The van der Waals surface area contributed by atoms with Gasteiger partial charge in [0.2, 0.25) is 6.79 Å². The van der Waals surface area contributed by atoms with E-state index >= 15 is 0 Å². The standard InChI is InChI=1S/C17H14F3NO4/c18-17(19,20)9-23-13-4-2-12(3-5-13)16(22)21-8-11-1-6-14-15(7-11)25-10-24-14/h1-7H,8-10H2,(H,21,22). The van der Waals surface area contributed by atoms with Crippen molar-refractivity contribution in [2.24, 2.45) is 0 Å². The predicted molar refractivity (Wildman–Crippen MR) is 81.7 cm³/mol. The maximum absolute atomic E-state index is 12.1. The maximum Gasteiger partial charge on any atom is 0.422 e. The van der Waals surface area contributed by atoms with Crippen molar-refractivity contribution in [2.75, 3.05) is 13.4 Å². The Bertz CT molecular complexity index is 759. The zero-order valence-corrected chi connectivity index (χ0v) is 12.9. The topological polar surface area (TPSA) is 56.8 Å². The molecule has 132 valence electrons. The summed E-state index contributed by atoms with van der Waals surface area (Å²) in [6, 6.07) is 10.8. The van der Waals surface area contributed by atoms with E-state index in [0.717, 1.165) is 5.56 Å². The molecule has 0 unspecified atom stereocenters. The molecule has 5 nitrogen and oxygen atoms in total. The highest BCUT2D eigenvalue weighted by Crippen LogP contribution is 2.32. The van der Waals surface area contributed by atoms with Crippen LogP contribution in [0.2, 0.25) is 0 Å². The second kappa shape index (κ2) is 6.92. The van der Waals surface area contributed by atoms with E-state index in [0.29, 0.717) is 17.1 Å². The normalized spacial score (nSPS) is 12.8. The van der Waals surface area contributed by atoms with Crippen molar-refractivity contribution in [3.63, 3.8) is 0 Å². The van der Waals surface area contributed by atoms with Gasteiger partial charge in [-0.05, 0) is 42.0 Å². The molecule has 1 aliphatic rings. The van der Waals surface area contributed by atoms with Crippen LogP contribution in [0.5, 0.6) is 17.2 Å². The molecular weight excluding hydrogens is 339 g/mol. The number of hydrogen-bond donors (Lipinski definition) is 1. The van der Waals surface area contributed by atoms with E-state index in [1.165, 1.54) is 24.3 Å².